The molecule has 0 unspecified atom stereocenters. The molecular formula is C7H4F2INO2. The minimum absolute atomic E-state index is 0.141. The molecule has 13 heavy (non-hydrogen) atoms. The Labute approximate surface area is 85.3 Å². The van der Waals surface area contributed by atoms with Gasteiger partial charge in [-0.05, 0) is 22.6 Å². The number of aromatic nitrogens is 1. The summed E-state index contributed by atoms with van der Waals surface area (Å²) in [4.78, 5) is 23.7. The van der Waals surface area contributed by atoms with Crippen LogP contribution in [-0.4, -0.2) is 11.3 Å². The van der Waals surface area contributed by atoms with E-state index in [1.165, 1.54) is 0 Å². The van der Waals surface area contributed by atoms with Crippen LogP contribution in [0.15, 0.2) is 11.0 Å². The van der Waals surface area contributed by atoms with Gasteiger partial charge >= 0.3 is 0 Å². The highest BCUT2D eigenvalue weighted by molar-refractivity contribution is 14.1. The van der Waals surface area contributed by atoms with E-state index in [1.807, 2.05) is 0 Å². The number of aromatic amines is 1. The van der Waals surface area contributed by atoms with E-state index >= 15 is 0 Å². The van der Waals surface area contributed by atoms with E-state index in [9.17, 15) is 18.4 Å². The summed E-state index contributed by atoms with van der Waals surface area (Å²) in [6.07, 6.45) is -1.55. The molecule has 0 fully saturated rings. The van der Waals surface area contributed by atoms with Crippen LogP contribution in [0.4, 0.5) is 8.78 Å². The summed E-state index contributed by atoms with van der Waals surface area (Å²) in [5.74, 6) is 0. The SMILES string of the molecule is O=Cc1c(C(F)F)[nH]cc(I)c1=O. The molecule has 0 bridgehead atoms. The van der Waals surface area contributed by atoms with Crippen LogP contribution in [0.5, 0.6) is 0 Å². The van der Waals surface area contributed by atoms with Crippen molar-refractivity contribution in [3.63, 3.8) is 0 Å². The van der Waals surface area contributed by atoms with Crippen molar-refractivity contribution in [1.82, 2.24) is 4.98 Å². The number of pyridine rings is 1. The second-order valence-corrected chi connectivity index (χ2v) is 3.37. The topological polar surface area (TPSA) is 49.9 Å². The Hall–Kier alpha value is -0.790. The van der Waals surface area contributed by atoms with Gasteiger partial charge in [0.05, 0.1) is 14.8 Å². The summed E-state index contributed by atoms with van der Waals surface area (Å²) < 4.78 is 24.6. The summed E-state index contributed by atoms with van der Waals surface area (Å²) >= 11 is 1.67. The number of H-pyrrole nitrogens is 1. The molecular weight excluding hydrogens is 295 g/mol. The molecule has 70 valence electrons. The maximum absolute atomic E-state index is 12.2. The van der Waals surface area contributed by atoms with Crippen LogP contribution in [-0.2, 0) is 0 Å². The largest absolute Gasteiger partial charge is 0.359 e. The third-order valence-electron chi connectivity index (χ3n) is 1.44. The van der Waals surface area contributed by atoms with Crippen molar-refractivity contribution >= 4 is 28.9 Å². The summed E-state index contributed by atoms with van der Waals surface area (Å²) in [5.41, 5.74) is -1.79. The molecule has 0 aliphatic heterocycles. The molecule has 0 aromatic carbocycles. The van der Waals surface area contributed by atoms with E-state index in [1.54, 1.807) is 22.6 Å². The van der Waals surface area contributed by atoms with Crippen LogP contribution in [0, 0.1) is 3.57 Å². The minimum Gasteiger partial charge on any atom is -0.359 e. The summed E-state index contributed by atoms with van der Waals surface area (Å²) in [6.45, 7) is 0. The van der Waals surface area contributed by atoms with Crippen molar-refractivity contribution in [3.05, 3.63) is 31.2 Å². The van der Waals surface area contributed by atoms with Gasteiger partial charge in [0, 0.05) is 6.20 Å². The molecule has 3 nitrogen and oxygen atoms in total. The Morgan fingerprint density at radius 1 is 1.54 bits per heavy atom. The molecule has 0 saturated heterocycles. The lowest BCUT2D eigenvalue weighted by atomic mass is 10.2. The van der Waals surface area contributed by atoms with E-state index in [-0.39, 0.29) is 9.86 Å². The van der Waals surface area contributed by atoms with E-state index < -0.39 is 23.1 Å². The molecule has 1 heterocycles. The van der Waals surface area contributed by atoms with E-state index in [0.717, 1.165) is 6.20 Å². The molecule has 0 amide bonds. The lowest BCUT2D eigenvalue weighted by Crippen LogP contribution is -2.16. The fraction of sp³-hybridized carbons (Fsp3) is 0.143. The number of alkyl halides is 2. The number of nitrogens with one attached hydrogen (secondary N) is 1. The molecule has 0 saturated carbocycles. The zero-order chi connectivity index (χ0) is 10.0. The quantitative estimate of drug-likeness (QED) is 0.668. The van der Waals surface area contributed by atoms with Gasteiger partial charge in [-0.3, -0.25) is 9.59 Å². The van der Waals surface area contributed by atoms with Crippen LogP contribution in [0.25, 0.3) is 0 Å². The number of carbonyl (C=O) groups is 1. The first-order valence-electron chi connectivity index (χ1n) is 3.22. The predicted molar refractivity (Wildman–Crippen MR) is 50.1 cm³/mol. The molecule has 1 rings (SSSR count). The van der Waals surface area contributed by atoms with Crippen molar-refractivity contribution < 1.29 is 13.6 Å². The Kier molecular flexibility index (Phi) is 3.12. The first-order chi connectivity index (χ1) is 6.07. The maximum Gasteiger partial charge on any atom is 0.279 e. The van der Waals surface area contributed by atoms with Gasteiger partial charge in [-0.15, -0.1) is 0 Å². The van der Waals surface area contributed by atoms with Crippen LogP contribution in [0.2, 0.25) is 0 Å². The smallest absolute Gasteiger partial charge is 0.279 e. The van der Waals surface area contributed by atoms with Crippen molar-refractivity contribution in [2.45, 2.75) is 6.43 Å². The number of rotatable bonds is 2. The minimum atomic E-state index is -2.84. The average Bonchev–Trinajstić information content (AvgIpc) is 2.09. The maximum atomic E-state index is 12.2. The Morgan fingerprint density at radius 3 is 2.62 bits per heavy atom. The number of aldehydes is 1. The van der Waals surface area contributed by atoms with Gasteiger partial charge in [0.15, 0.2) is 6.29 Å². The average molecular weight is 299 g/mol. The Bertz CT molecular complexity index is 389. The first kappa shape index (κ1) is 10.3. The summed E-state index contributed by atoms with van der Waals surface area (Å²) in [5, 5.41) is 0. The van der Waals surface area contributed by atoms with E-state index in [4.69, 9.17) is 0 Å². The fourth-order valence-corrected chi connectivity index (χ4v) is 1.28. The normalized spacial score (nSPS) is 10.5. The van der Waals surface area contributed by atoms with Crippen molar-refractivity contribution in [2.75, 3.05) is 0 Å². The summed E-state index contributed by atoms with van der Waals surface area (Å²) in [7, 11) is 0. The molecule has 0 spiro atoms. The van der Waals surface area contributed by atoms with Crippen LogP contribution in [0.1, 0.15) is 22.5 Å². The Morgan fingerprint density at radius 2 is 2.15 bits per heavy atom. The highest BCUT2D eigenvalue weighted by Gasteiger charge is 2.16. The van der Waals surface area contributed by atoms with Crippen molar-refractivity contribution in [2.24, 2.45) is 0 Å². The lowest BCUT2D eigenvalue weighted by Gasteiger charge is -2.02. The zero-order valence-electron chi connectivity index (χ0n) is 6.18. The molecule has 0 aliphatic rings. The molecule has 0 radical (unpaired) electrons. The standard InChI is InChI=1S/C7H4F2INO2/c8-7(9)5-3(2-12)6(13)4(10)1-11-5/h1-2,7H,(H,11,13). The second-order valence-electron chi connectivity index (χ2n) is 2.21. The highest BCUT2D eigenvalue weighted by Crippen LogP contribution is 2.17. The predicted octanol–water partition coefficient (Wildman–Crippen LogP) is 1.73. The molecule has 0 atom stereocenters. The van der Waals surface area contributed by atoms with Crippen LogP contribution in [0.3, 0.4) is 0 Å². The van der Waals surface area contributed by atoms with E-state index in [0.29, 0.717) is 0 Å². The molecule has 6 heteroatoms. The van der Waals surface area contributed by atoms with E-state index in [2.05, 4.69) is 4.98 Å². The number of hydrogen-bond donors (Lipinski definition) is 1. The fourth-order valence-electron chi connectivity index (χ4n) is 0.833. The number of carbonyl (C=O) groups excluding carboxylic acids is 1. The summed E-state index contributed by atoms with van der Waals surface area (Å²) in [6, 6.07) is 0. The monoisotopic (exact) mass is 299 g/mol. The van der Waals surface area contributed by atoms with Crippen LogP contribution < -0.4 is 5.43 Å². The Balaban J connectivity index is 3.47. The molecule has 1 aromatic heterocycles. The second kappa shape index (κ2) is 3.95. The van der Waals surface area contributed by atoms with Crippen molar-refractivity contribution in [3.8, 4) is 0 Å². The molecule has 1 aromatic rings. The molecule has 1 N–H and O–H groups in total. The highest BCUT2D eigenvalue weighted by atomic mass is 127. The van der Waals surface area contributed by atoms with Gasteiger partial charge in [0.2, 0.25) is 5.43 Å². The van der Waals surface area contributed by atoms with Gasteiger partial charge in [0.1, 0.15) is 0 Å². The molecule has 0 aliphatic carbocycles. The zero-order valence-corrected chi connectivity index (χ0v) is 8.34. The lowest BCUT2D eigenvalue weighted by molar-refractivity contribution is 0.110. The third-order valence-corrected chi connectivity index (χ3v) is 2.24. The van der Waals surface area contributed by atoms with Gasteiger partial charge < -0.3 is 4.98 Å². The number of hydrogen-bond acceptors (Lipinski definition) is 2. The third kappa shape index (κ3) is 1.93. The number of halogens is 3. The van der Waals surface area contributed by atoms with Gasteiger partial charge in [-0.1, -0.05) is 0 Å². The van der Waals surface area contributed by atoms with Gasteiger partial charge in [-0.25, -0.2) is 8.78 Å². The van der Waals surface area contributed by atoms with Gasteiger partial charge in [-0.2, -0.15) is 0 Å². The first-order valence-corrected chi connectivity index (χ1v) is 4.30. The van der Waals surface area contributed by atoms with Crippen LogP contribution >= 0.6 is 22.6 Å². The van der Waals surface area contributed by atoms with Gasteiger partial charge in [0.25, 0.3) is 6.43 Å². The van der Waals surface area contributed by atoms with Crippen molar-refractivity contribution in [1.29, 1.82) is 0 Å².